The van der Waals surface area contributed by atoms with Gasteiger partial charge in [0.2, 0.25) is 0 Å². The van der Waals surface area contributed by atoms with Gasteiger partial charge in [-0.05, 0) is 18.4 Å². The Morgan fingerprint density at radius 3 is 2.59 bits per heavy atom. The van der Waals surface area contributed by atoms with Crippen molar-refractivity contribution in [1.82, 2.24) is 5.16 Å². The molecule has 3 rings (SSSR count). The summed E-state index contributed by atoms with van der Waals surface area (Å²) in [7, 11) is 0. The van der Waals surface area contributed by atoms with E-state index in [-0.39, 0.29) is 11.0 Å². The van der Waals surface area contributed by atoms with Gasteiger partial charge in [-0.25, -0.2) is 4.79 Å². The van der Waals surface area contributed by atoms with Crippen molar-refractivity contribution in [2.45, 2.75) is 18.3 Å². The number of rotatable bonds is 3. The van der Waals surface area contributed by atoms with Crippen LogP contribution in [-0.2, 0) is 5.41 Å². The van der Waals surface area contributed by atoms with Gasteiger partial charge in [-0.2, -0.15) is 0 Å². The van der Waals surface area contributed by atoms with Gasteiger partial charge in [-0.1, -0.05) is 35.5 Å². The van der Waals surface area contributed by atoms with E-state index < -0.39 is 5.97 Å². The summed E-state index contributed by atoms with van der Waals surface area (Å²) in [5.41, 5.74) is 0.997. The van der Waals surface area contributed by atoms with E-state index in [1.807, 2.05) is 30.3 Å². The number of carbonyl (C=O) groups is 1. The van der Waals surface area contributed by atoms with Crippen LogP contribution < -0.4 is 0 Å². The molecule has 4 nitrogen and oxygen atoms in total. The topological polar surface area (TPSA) is 63.3 Å². The molecule has 0 bridgehead atoms. The minimum absolute atomic E-state index is 0.173. The average Bonchev–Trinajstić information content (AvgIpc) is 3.00. The molecule has 0 atom stereocenters. The molecule has 1 aliphatic carbocycles. The van der Waals surface area contributed by atoms with Crippen molar-refractivity contribution < 1.29 is 14.4 Å². The zero-order chi connectivity index (χ0) is 11.9. The second-order valence-corrected chi connectivity index (χ2v) is 4.32. The zero-order valence-electron chi connectivity index (χ0n) is 9.09. The molecule has 0 spiro atoms. The minimum atomic E-state index is -0.983. The molecule has 17 heavy (non-hydrogen) atoms. The Labute approximate surface area is 97.9 Å². The van der Waals surface area contributed by atoms with Gasteiger partial charge in [0.15, 0.2) is 5.76 Å². The van der Waals surface area contributed by atoms with E-state index in [1.165, 1.54) is 6.20 Å². The highest BCUT2D eigenvalue weighted by atomic mass is 16.5. The number of hydrogen-bond donors (Lipinski definition) is 1. The quantitative estimate of drug-likeness (QED) is 0.878. The molecule has 1 saturated carbocycles. The Morgan fingerprint density at radius 1 is 1.29 bits per heavy atom. The van der Waals surface area contributed by atoms with Crippen molar-refractivity contribution in [3.05, 3.63) is 53.4 Å². The first-order valence-electron chi connectivity index (χ1n) is 5.48. The van der Waals surface area contributed by atoms with Crippen LogP contribution in [0, 0.1) is 0 Å². The summed E-state index contributed by atoms with van der Waals surface area (Å²) >= 11 is 0. The zero-order valence-corrected chi connectivity index (χ0v) is 9.09. The molecule has 1 aromatic heterocycles. The van der Waals surface area contributed by atoms with Crippen LogP contribution in [0.3, 0.4) is 0 Å². The molecule has 1 fully saturated rings. The van der Waals surface area contributed by atoms with Crippen LogP contribution in [0.4, 0.5) is 0 Å². The second kappa shape index (κ2) is 3.45. The number of aromatic carboxylic acids is 1. The first kappa shape index (κ1) is 10.1. The van der Waals surface area contributed by atoms with Crippen LogP contribution in [0.1, 0.15) is 34.5 Å². The normalized spacial score (nSPS) is 16.7. The monoisotopic (exact) mass is 229 g/mol. The van der Waals surface area contributed by atoms with E-state index in [2.05, 4.69) is 5.16 Å². The summed E-state index contributed by atoms with van der Waals surface area (Å²) in [6.07, 6.45) is 3.10. The van der Waals surface area contributed by atoms with E-state index in [4.69, 9.17) is 9.63 Å². The Morgan fingerprint density at radius 2 is 2.00 bits per heavy atom. The van der Waals surface area contributed by atoms with Crippen LogP contribution in [0.25, 0.3) is 0 Å². The summed E-state index contributed by atoms with van der Waals surface area (Å²) in [4.78, 5) is 11.1. The first-order valence-corrected chi connectivity index (χ1v) is 5.48. The van der Waals surface area contributed by atoms with Gasteiger partial charge >= 0.3 is 5.97 Å². The SMILES string of the molecule is O=C(O)c1cnoc1C1(c2ccccc2)CC1. The lowest BCUT2D eigenvalue weighted by atomic mass is 9.91. The van der Waals surface area contributed by atoms with Crippen molar-refractivity contribution in [3.8, 4) is 0 Å². The highest BCUT2D eigenvalue weighted by Crippen LogP contribution is 2.54. The number of benzene rings is 1. The minimum Gasteiger partial charge on any atom is -0.478 e. The summed E-state index contributed by atoms with van der Waals surface area (Å²) in [5.74, 6) is -0.500. The Kier molecular flexibility index (Phi) is 2.04. The molecular formula is C13H11NO3. The molecule has 0 unspecified atom stereocenters. The standard InChI is InChI=1S/C13H11NO3/c15-12(16)10-8-14-17-11(10)13(6-7-13)9-4-2-1-3-5-9/h1-5,8H,6-7H2,(H,15,16). The maximum atomic E-state index is 11.1. The lowest BCUT2D eigenvalue weighted by molar-refractivity contribution is 0.0693. The third-order valence-corrected chi connectivity index (χ3v) is 3.31. The second-order valence-electron chi connectivity index (χ2n) is 4.32. The van der Waals surface area contributed by atoms with Crippen molar-refractivity contribution in [3.63, 3.8) is 0 Å². The molecule has 0 radical (unpaired) electrons. The van der Waals surface area contributed by atoms with E-state index in [0.717, 1.165) is 18.4 Å². The molecule has 1 aromatic carbocycles. The molecule has 1 N–H and O–H groups in total. The first-order chi connectivity index (χ1) is 8.24. The third kappa shape index (κ3) is 1.45. The van der Waals surface area contributed by atoms with Crippen LogP contribution in [0.15, 0.2) is 41.1 Å². The summed E-state index contributed by atoms with van der Waals surface area (Å²) < 4.78 is 5.18. The predicted molar refractivity (Wildman–Crippen MR) is 59.9 cm³/mol. The van der Waals surface area contributed by atoms with E-state index >= 15 is 0 Å². The van der Waals surface area contributed by atoms with Gasteiger partial charge in [0.05, 0.1) is 11.6 Å². The van der Waals surface area contributed by atoms with Gasteiger partial charge < -0.3 is 9.63 Å². The maximum Gasteiger partial charge on any atom is 0.341 e. The van der Waals surface area contributed by atoms with Gasteiger partial charge in [0, 0.05) is 0 Å². The van der Waals surface area contributed by atoms with Crippen molar-refractivity contribution in [2.75, 3.05) is 0 Å². The van der Waals surface area contributed by atoms with Crippen molar-refractivity contribution in [1.29, 1.82) is 0 Å². The summed E-state index contributed by atoms with van der Waals surface area (Å²) in [6, 6.07) is 9.85. The number of nitrogens with zero attached hydrogens (tertiary/aromatic N) is 1. The number of carboxylic acid groups (broad SMARTS) is 1. The maximum absolute atomic E-state index is 11.1. The fourth-order valence-electron chi connectivity index (χ4n) is 2.27. The van der Waals surface area contributed by atoms with E-state index in [0.29, 0.717) is 5.76 Å². The third-order valence-electron chi connectivity index (χ3n) is 3.31. The fourth-order valence-corrected chi connectivity index (χ4v) is 2.27. The predicted octanol–water partition coefficient (Wildman–Crippen LogP) is 2.45. The molecule has 0 saturated heterocycles. The Hall–Kier alpha value is -2.10. The van der Waals surface area contributed by atoms with Gasteiger partial charge in [-0.15, -0.1) is 0 Å². The molecule has 4 heteroatoms. The smallest absolute Gasteiger partial charge is 0.341 e. The van der Waals surface area contributed by atoms with Crippen LogP contribution in [0.5, 0.6) is 0 Å². The largest absolute Gasteiger partial charge is 0.478 e. The number of carboxylic acids is 1. The molecule has 0 aliphatic heterocycles. The van der Waals surface area contributed by atoms with Gasteiger partial charge in [0.1, 0.15) is 5.56 Å². The molecular weight excluding hydrogens is 218 g/mol. The number of aromatic nitrogens is 1. The van der Waals surface area contributed by atoms with E-state index in [1.54, 1.807) is 0 Å². The highest BCUT2D eigenvalue weighted by Gasteiger charge is 2.51. The van der Waals surface area contributed by atoms with Crippen LogP contribution >= 0.6 is 0 Å². The van der Waals surface area contributed by atoms with Gasteiger partial charge in [0.25, 0.3) is 0 Å². The van der Waals surface area contributed by atoms with E-state index in [9.17, 15) is 4.79 Å². The Balaban J connectivity index is 2.10. The molecule has 2 aromatic rings. The van der Waals surface area contributed by atoms with Crippen molar-refractivity contribution in [2.24, 2.45) is 0 Å². The molecule has 0 amide bonds. The lowest BCUT2D eigenvalue weighted by Crippen LogP contribution is -2.12. The van der Waals surface area contributed by atoms with Crippen molar-refractivity contribution >= 4 is 5.97 Å². The number of hydrogen-bond acceptors (Lipinski definition) is 3. The highest BCUT2D eigenvalue weighted by molar-refractivity contribution is 5.89. The average molecular weight is 229 g/mol. The van der Waals surface area contributed by atoms with Crippen LogP contribution in [-0.4, -0.2) is 16.2 Å². The summed E-state index contributed by atoms with van der Waals surface area (Å²) in [5, 5.41) is 12.7. The summed E-state index contributed by atoms with van der Waals surface area (Å²) in [6.45, 7) is 0. The van der Waals surface area contributed by atoms with Crippen LogP contribution in [0.2, 0.25) is 0 Å². The lowest BCUT2D eigenvalue weighted by Gasteiger charge is -2.12. The fraction of sp³-hybridized carbons (Fsp3) is 0.231. The van der Waals surface area contributed by atoms with Gasteiger partial charge in [-0.3, -0.25) is 0 Å². The molecule has 1 heterocycles. The molecule has 1 aliphatic rings. The Bertz CT molecular complexity index is 555. The molecule has 86 valence electrons.